The van der Waals surface area contributed by atoms with Crippen LogP contribution in [0.3, 0.4) is 0 Å². The number of carbonyl (C=O) groups is 1. The van der Waals surface area contributed by atoms with Crippen LogP contribution in [-0.4, -0.2) is 24.2 Å². The molecule has 1 aromatic heterocycles. The summed E-state index contributed by atoms with van der Waals surface area (Å²) in [7, 11) is 0. The molecule has 1 aromatic rings. The first-order valence-corrected chi connectivity index (χ1v) is 8.44. The van der Waals surface area contributed by atoms with Gasteiger partial charge in [-0.2, -0.15) is 0 Å². The van der Waals surface area contributed by atoms with E-state index in [0.29, 0.717) is 12.5 Å². The molecule has 0 bridgehead atoms. The molecular formula is C16H27NO2S. The van der Waals surface area contributed by atoms with E-state index in [-0.39, 0.29) is 12.5 Å². The van der Waals surface area contributed by atoms with E-state index in [1.54, 1.807) is 11.3 Å². The minimum Gasteiger partial charge on any atom is -0.396 e. The van der Waals surface area contributed by atoms with Gasteiger partial charge in [-0.25, -0.2) is 0 Å². The van der Waals surface area contributed by atoms with E-state index in [2.05, 4.69) is 19.2 Å². The molecule has 0 aromatic carbocycles. The maximum atomic E-state index is 12.1. The molecule has 4 heteroatoms. The summed E-state index contributed by atoms with van der Waals surface area (Å²) in [4.78, 5) is 14.3. The van der Waals surface area contributed by atoms with Gasteiger partial charge in [0.25, 0.3) is 5.91 Å². The fourth-order valence-corrected chi connectivity index (χ4v) is 3.42. The molecule has 2 N–H and O–H groups in total. The normalized spacial score (nSPS) is 12.4. The van der Waals surface area contributed by atoms with Crippen molar-refractivity contribution >= 4 is 17.2 Å². The number of nitrogens with one attached hydrogen (secondary N) is 1. The third kappa shape index (κ3) is 5.25. The Morgan fingerprint density at radius 2 is 2.20 bits per heavy atom. The molecule has 0 aliphatic heterocycles. The molecule has 1 unspecified atom stereocenters. The number of amides is 1. The summed E-state index contributed by atoms with van der Waals surface area (Å²) in [6, 6.07) is 2.04. The van der Waals surface area contributed by atoms with E-state index in [4.69, 9.17) is 5.11 Å². The second-order valence-electron chi connectivity index (χ2n) is 5.35. The lowest BCUT2D eigenvalue weighted by Gasteiger charge is -2.07. The van der Waals surface area contributed by atoms with Gasteiger partial charge < -0.3 is 10.4 Å². The summed E-state index contributed by atoms with van der Waals surface area (Å²) in [5.74, 6) is 0.361. The molecule has 0 saturated heterocycles. The first-order chi connectivity index (χ1) is 9.62. The molecule has 1 rings (SSSR count). The van der Waals surface area contributed by atoms with Crippen molar-refractivity contribution in [2.45, 2.75) is 52.9 Å². The second kappa shape index (κ2) is 9.14. The predicted molar refractivity (Wildman–Crippen MR) is 85.5 cm³/mol. The second-order valence-corrected chi connectivity index (χ2v) is 6.49. The molecule has 0 radical (unpaired) electrons. The minimum atomic E-state index is 0.0451. The maximum Gasteiger partial charge on any atom is 0.261 e. The fourth-order valence-electron chi connectivity index (χ4n) is 2.15. The zero-order valence-electron chi connectivity index (χ0n) is 12.9. The molecule has 0 aliphatic carbocycles. The Labute approximate surface area is 126 Å². The summed E-state index contributed by atoms with van der Waals surface area (Å²) in [5, 5.41) is 11.9. The molecule has 1 amide bonds. The van der Waals surface area contributed by atoms with Crippen molar-refractivity contribution in [1.82, 2.24) is 5.32 Å². The largest absolute Gasteiger partial charge is 0.396 e. The van der Waals surface area contributed by atoms with Crippen molar-refractivity contribution in [2.75, 3.05) is 13.2 Å². The van der Waals surface area contributed by atoms with Gasteiger partial charge in [-0.3, -0.25) is 4.79 Å². The molecule has 3 nitrogen and oxygen atoms in total. The van der Waals surface area contributed by atoms with Crippen molar-refractivity contribution < 1.29 is 9.90 Å². The topological polar surface area (TPSA) is 49.3 Å². The van der Waals surface area contributed by atoms with Crippen molar-refractivity contribution in [3.05, 3.63) is 21.4 Å². The van der Waals surface area contributed by atoms with Crippen molar-refractivity contribution in [1.29, 1.82) is 0 Å². The Hall–Kier alpha value is -0.870. The highest BCUT2D eigenvalue weighted by Gasteiger charge is 2.13. The third-order valence-electron chi connectivity index (χ3n) is 3.45. The molecule has 1 atom stereocenters. The quantitative estimate of drug-likeness (QED) is 0.686. The first kappa shape index (κ1) is 17.2. The first-order valence-electron chi connectivity index (χ1n) is 7.62. The molecule has 20 heavy (non-hydrogen) atoms. The maximum absolute atomic E-state index is 12.1. The number of hydrogen-bond acceptors (Lipinski definition) is 3. The van der Waals surface area contributed by atoms with Crippen molar-refractivity contribution in [3.63, 3.8) is 0 Å². The number of rotatable bonds is 9. The zero-order chi connectivity index (χ0) is 15.0. The molecule has 1 heterocycles. The smallest absolute Gasteiger partial charge is 0.261 e. The number of aliphatic hydroxyl groups excluding tert-OH is 1. The fraction of sp³-hybridized carbons (Fsp3) is 0.688. The SMILES string of the molecule is CCCc1sc(C(=O)NCCCC(C)CO)cc1CC. The predicted octanol–water partition coefficient (Wildman–Crippen LogP) is 3.40. The highest BCUT2D eigenvalue weighted by molar-refractivity contribution is 7.14. The van der Waals surface area contributed by atoms with Crippen molar-refractivity contribution in [3.8, 4) is 0 Å². The van der Waals surface area contributed by atoms with Crippen LogP contribution in [0.5, 0.6) is 0 Å². The van der Waals surface area contributed by atoms with Crippen LogP contribution in [-0.2, 0) is 12.8 Å². The number of aryl methyl sites for hydroxylation is 2. The van der Waals surface area contributed by atoms with Gasteiger partial charge in [0.15, 0.2) is 0 Å². The highest BCUT2D eigenvalue weighted by atomic mass is 32.1. The lowest BCUT2D eigenvalue weighted by molar-refractivity contribution is 0.0956. The summed E-state index contributed by atoms with van der Waals surface area (Å²) in [6.07, 6.45) is 5.04. The number of hydrogen-bond donors (Lipinski definition) is 2. The van der Waals surface area contributed by atoms with Crippen LogP contribution in [0.4, 0.5) is 0 Å². The molecule has 0 fully saturated rings. The van der Waals surface area contributed by atoms with Gasteiger partial charge in [-0.05, 0) is 43.2 Å². The number of thiophene rings is 1. The Balaban J connectivity index is 2.47. The molecule has 0 aliphatic rings. The van der Waals surface area contributed by atoms with Gasteiger partial charge in [-0.15, -0.1) is 11.3 Å². The molecule has 0 saturated carbocycles. The van der Waals surface area contributed by atoms with Crippen LogP contribution in [0, 0.1) is 5.92 Å². The number of aliphatic hydroxyl groups is 1. The van der Waals surface area contributed by atoms with Crippen LogP contribution >= 0.6 is 11.3 Å². The monoisotopic (exact) mass is 297 g/mol. The van der Waals surface area contributed by atoms with Crippen LogP contribution in [0.25, 0.3) is 0 Å². The Bertz CT molecular complexity index is 415. The van der Waals surface area contributed by atoms with Gasteiger partial charge in [-0.1, -0.05) is 27.2 Å². The lowest BCUT2D eigenvalue weighted by atomic mass is 10.1. The lowest BCUT2D eigenvalue weighted by Crippen LogP contribution is -2.24. The van der Waals surface area contributed by atoms with E-state index in [0.717, 1.165) is 37.0 Å². The van der Waals surface area contributed by atoms with Gasteiger partial charge in [0.2, 0.25) is 0 Å². The van der Waals surface area contributed by atoms with E-state index in [1.165, 1.54) is 10.4 Å². The summed E-state index contributed by atoms with van der Waals surface area (Å²) < 4.78 is 0. The van der Waals surface area contributed by atoms with Gasteiger partial charge in [0, 0.05) is 18.0 Å². The van der Waals surface area contributed by atoms with Crippen LogP contribution in [0.15, 0.2) is 6.07 Å². The molecular weight excluding hydrogens is 270 g/mol. The van der Waals surface area contributed by atoms with Crippen LogP contribution in [0.2, 0.25) is 0 Å². The van der Waals surface area contributed by atoms with E-state index >= 15 is 0 Å². The van der Waals surface area contributed by atoms with E-state index < -0.39 is 0 Å². The average Bonchev–Trinajstić information content (AvgIpc) is 2.86. The van der Waals surface area contributed by atoms with Crippen LogP contribution < -0.4 is 5.32 Å². The summed E-state index contributed by atoms with van der Waals surface area (Å²) >= 11 is 1.63. The van der Waals surface area contributed by atoms with Gasteiger partial charge >= 0.3 is 0 Å². The van der Waals surface area contributed by atoms with Crippen molar-refractivity contribution in [2.24, 2.45) is 5.92 Å². The summed E-state index contributed by atoms with van der Waals surface area (Å²) in [5.41, 5.74) is 1.32. The Morgan fingerprint density at radius 1 is 1.45 bits per heavy atom. The third-order valence-corrected chi connectivity index (χ3v) is 4.69. The van der Waals surface area contributed by atoms with E-state index in [1.807, 2.05) is 13.0 Å². The standard InChI is InChI=1S/C16H27NO2S/c1-4-7-14-13(5-2)10-15(20-14)16(19)17-9-6-8-12(3)11-18/h10,12,18H,4-9,11H2,1-3H3,(H,17,19). The Morgan fingerprint density at radius 3 is 2.80 bits per heavy atom. The van der Waals surface area contributed by atoms with Gasteiger partial charge in [0.1, 0.15) is 0 Å². The highest BCUT2D eigenvalue weighted by Crippen LogP contribution is 2.24. The minimum absolute atomic E-state index is 0.0451. The molecule has 114 valence electrons. The zero-order valence-corrected chi connectivity index (χ0v) is 13.7. The van der Waals surface area contributed by atoms with E-state index in [9.17, 15) is 4.79 Å². The van der Waals surface area contributed by atoms with Crippen LogP contribution in [0.1, 0.15) is 60.1 Å². The van der Waals surface area contributed by atoms with Gasteiger partial charge in [0.05, 0.1) is 4.88 Å². The Kier molecular flexibility index (Phi) is 7.85. The number of carbonyl (C=O) groups excluding carboxylic acids is 1. The summed E-state index contributed by atoms with van der Waals surface area (Å²) in [6.45, 7) is 7.23. The average molecular weight is 297 g/mol. The molecule has 0 spiro atoms.